The maximum absolute atomic E-state index is 11.5. The number of carboxylic acid groups (broad SMARTS) is 1. The van der Waals surface area contributed by atoms with Gasteiger partial charge in [0.2, 0.25) is 0 Å². The van der Waals surface area contributed by atoms with Crippen LogP contribution in [0, 0.1) is 0 Å². The summed E-state index contributed by atoms with van der Waals surface area (Å²) in [6.07, 6.45) is 2.23. The predicted octanol–water partition coefficient (Wildman–Crippen LogP) is 1.20. The van der Waals surface area contributed by atoms with Gasteiger partial charge in [-0.05, 0) is 18.6 Å². The number of nitrogens with one attached hydrogen (secondary N) is 2. The Morgan fingerprint density at radius 3 is 2.76 bits per heavy atom. The molecule has 0 unspecified atom stereocenters. The minimum absolute atomic E-state index is 0.0569. The summed E-state index contributed by atoms with van der Waals surface area (Å²) in [5.41, 5.74) is 1.96. The molecule has 0 fully saturated rings. The number of carbonyl (C=O) groups excluding carboxylic acids is 1. The van der Waals surface area contributed by atoms with Gasteiger partial charge in [-0.2, -0.15) is 0 Å². The molecule has 2 amide bonds. The van der Waals surface area contributed by atoms with Crippen molar-refractivity contribution in [3.8, 4) is 0 Å². The molecular weight excluding hydrogens is 272 g/mol. The van der Waals surface area contributed by atoms with Crippen LogP contribution in [-0.4, -0.2) is 39.7 Å². The van der Waals surface area contributed by atoms with Gasteiger partial charge >= 0.3 is 12.0 Å². The Kier molecular flexibility index (Phi) is 5.14. The van der Waals surface area contributed by atoms with Crippen LogP contribution >= 0.6 is 0 Å². The number of para-hydroxylation sites is 2. The Morgan fingerprint density at radius 1 is 1.19 bits per heavy atom. The summed E-state index contributed by atoms with van der Waals surface area (Å²) in [5.74, 6) is -0.857. The van der Waals surface area contributed by atoms with Crippen molar-refractivity contribution in [2.24, 2.45) is 0 Å². The fourth-order valence-corrected chi connectivity index (χ4v) is 1.98. The van der Waals surface area contributed by atoms with Crippen LogP contribution in [0.1, 0.15) is 12.8 Å². The second kappa shape index (κ2) is 7.28. The molecule has 0 atom stereocenters. The van der Waals surface area contributed by atoms with Crippen molar-refractivity contribution in [3.05, 3.63) is 30.6 Å². The summed E-state index contributed by atoms with van der Waals surface area (Å²) >= 11 is 0. The third kappa shape index (κ3) is 4.48. The molecule has 0 aliphatic carbocycles. The molecule has 0 saturated carbocycles. The fraction of sp³-hybridized carbons (Fsp3) is 0.357. The van der Waals surface area contributed by atoms with Gasteiger partial charge in [0.05, 0.1) is 17.4 Å². The second-order valence-electron chi connectivity index (χ2n) is 4.61. The predicted molar refractivity (Wildman–Crippen MR) is 78.0 cm³/mol. The monoisotopic (exact) mass is 290 g/mol. The minimum Gasteiger partial charge on any atom is -0.481 e. The van der Waals surface area contributed by atoms with Gasteiger partial charge in [-0.25, -0.2) is 9.78 Å². The number of amides is 2. The van der Waals surface area contributed by atoms with E-state index in [4.69, 9.17) is 5.11 Å². The van der Waals surface area contributed by atoms with Gasteiger partial charge in [-0.3, -0.25) is 4.79 Å². The molecule has 0 aliphatic heterocycles. The Labute approximate surface area is 122 Å². The van der Waals surface area contributed by atoms with Crippen molar-refractivity contribution < 1.29 is 14.7 Å². The van der Waals surface area contributed by atoms with Gasteiger partial charge in [0, 0.05) is 26.1 Å². The Balaban J connectivity index is 1.69. The van der Waals surface area contributed by atoms with E-state index in [1.807, 2.05) is 28.8 Å². The van der Waals surface area contributed by atoms with Crippen LogP contribution in [0.25, 0.3) is 11.0 Å². The van der Waals surface area contributed by atoms with E-state index in [1.54, 1.807) is 6.33 Å². The van der Waals surface area contributed by atoms with Crippen molar-refractivity contribution in [1.82, 2.24) is 20.2 Å². The molecular formula is C14H18N4O3. The van der Waals surface area contributed by atoms with Crippen LogP contribution in [0.4, 0.5) is 4.79 Å². The van der Waals surface area contributed by atoms with Crippen molar-refractivity contribution in [2.45, 2.75) is 19.4 Å². The normalized spacial score (nSPS) is 10.5. The number of aliphatic carboxylic acids is 1. The summed E-state index contributed by atoms with van der Waals surface area (Å²) in [6, 6.07) is 7.51. The highest BCUT2D eigenvalue weighted by Gasteiger charge is 2.03. The van der Waals surface area contributed by atoms with E-state index in [1.165, 1.54) is 0 Å². The zero-order valence-electron chi connectivity index (χ0n) is 11.6. The van der Waals surface area contributed by atoms with E-state index in [9.17, 15) is 9.59 Å². The zero-order chi connectivity index (χ0) is 15.1. The number of urea groups is 1. The van der Waals surface area contributed by atoms with Crippen molar-refractivity contribution >= 4 is 23.0 Å². The topological polar surface area (TPSA) is 96.3 Å². The number of nitrogens with zero attached hydrogens (tertiary/aromatic N) is 2. The number of rotatable bonds is 7. The van der Waals surface area contributed by atoms with Gasteiger partial charge in [0.15, 0.2) is 0 Å². The number of hydrogen-bond acceptors (Lipinski definition) is 3. The van der Waals surface area contributed by atoms with Crippen LogP contribution in [0.15, 0.2) is 30.6 Å². The van der Waals surface area contributed by atoms with E-state index >= 15 is 0 Å². The van der Waals surface area contributed by atoms with E-state index in [0.29, 0.717) is 26.1 Å². The average molecular weight is 290 g/mol. The molecule has 21 heavy (non-hydrogen) atoms. The van der Waals surface area contributed by atoms with E-state index in [0.717, 1.165) is 11.0 Å². The molecule has 7 heteroatoms. The third-order valence-electron chi connectivity index (χ3n) is 3.02. The van der Waals surface area contributed by atoms with Crippen LogP contribution in [0.2, 0.25) is 0 Å². The SMILES string of the molecule is O=C(O)CCCNC(=O)NCCn1cnc2ccccc21. The number of aromatic nitrogens is 2. The summed E-state index contributed by atoms with van der Waals surface area (Å²) in [7, 11) is 0. The van der Waals surface area contributed by atoms with Gasteiger partial charge in [0.1, 0.15) is 0 Å². The van der Waals surface area contributed by atoms with E-state index in [2.05, 4.69) is 15.6 Å². The molecule has 1 aromatic heterocycles. The van der Waals surface area contributed by atoms with Crippen molar-refractivity contribution in [1.29, 1.82) is 0 Å². The lowest BCUT2D eigenvalue weighted by Gasteiger charge is -2.08. The Morgan fingerprint density at radius 2 is 1.95 bits per heavy atom. The van der Waals surface area contributed by atoms with Gasteiger partial charge in [-0.15, -0.1) is 0 Å². The average Bonchev–Trinajstić information content (AvgIpc) is 2.87. The molecule has 0 saturated heterocycles. The highest BCUT2D eigenvalue weighted by molar-refractivity contribution is 5.75. The smallest absolute Gasteiger partial charge is 0.314 e. The lowest BCUT2D eigenvalue weighted by atomic mass is 10.3. The summed E-state index contributed by atoms with van der Waals surface area (Å²) in [5, 5.41) is 13.8. The summed E-state index contributed by atoms with van der Waals surface area (Å²) in [4.78, 5) is 26.1. The maximum atomic E-state index is 11.5. The second-order valence-corrected chi connectivity index (χ2v) is 4.61. The van der Waals surface area contributed by atoms with Crippen molar-refractivity contribution in [3.63, 3.8) is 0 Å². The number of hydrogen-bond donors (Lipinski definition) is 3. The first-order valence-corrected chi connectivity index (χ1v) is 6.80. The first kappa shape index (κ1) is 14.8. The number of imidazole rings is 1. The van der Waals surface area contributed by atoms with Crippen LogP contribution in [0.3, 0.4) is 0 Å². The molecule has 0 radical (unpaired) electrons. The minimum atomic E-state index is -0.857. The van der Waals surface area contributed by atoms with E-state index in [-0.39, 0.29) is 12.5 Å². The molecule has 2 rings (SSSR count). The zero-order valence-corrected chi connectivity index (χ0v) is 11.6. The number of carbonyl (C=O) groups is 2. The number of fused-ring (bicyclic) bond motifs is 1. The molecule has 112 valence electrons. The quantitative estimate of drug-likeness (QED) is 0.668. The molecule has 0 bridgehead atoms. The summed E-state index contributed by atoms with van der Waals surface area (Å²) < 4.78 is 1.97. The standard InChI is InChI=1S/C14H18N4O3/c19-13(20)6-3-7-15-14(21)16-8-9-18-10-17-11-4-1-2-5-12(11)18/h1-2,4-5,10H,3,6-9H2,(H,19,20)(H2,15,16,21). The fourth-order valence-electron chi connectivity index (χ4n) is 1.98. The van der Waals surface area contributed by atoms with Crippen LogP contribution in [0.5, 0.6) is 0 Å². The van der Waals surface area contributed by atoms with Crippen LogP contribution in [-0.2, 0) is 11.3 Å². The molecule has 2 aromatic rings. The van der Waals surface area contributed by atoms with Gasteiger partial charge in [0.25, 0.3) is 0 Å². The lowest BCUT2D eigenvalue weighted by molar-refractivity contribution is -0.137. The first-order valence-electron chi connectivity index (χ1n) is 6.80. The number of carboxylic acids is 1. The molecule has 0 spiro atoms. The molecule has 1 heterocycles. The largest absolute Gasteiger partial charge is 0.481 e. The van der Waals surface area contributed by atoms with Crippen molar-refractivity contribution in [2.75, 3.05) is 13.1 Å². The molecule has 0 aliphatic rings. The third-order valence-corrected chi connectivity index (χ3v) is 3.02. The highest BCUT2D eigenvalue weighted by atomic mass is 16.4. The lowest BCUT2D eigenvalue weighted by Crippen LogP contribution is -2.37. The highest BCUT2D eigenvalue weighted by Crippen LogP contribution is 2.10. The molecule has 7 nitrogen and oxygen atoms in total. The molecule has 3 N–H and O–H groups in total. The Hall–Kier alpha value is -2.57. The van der Waals surface area contributed by atoms with Crippen LogP contribution < -0.4 is 10.6 Å². The maximum Gasteiger partial charge on any atom is 0.314 e. The van der Waals surface area contributed by atoms with Gasteiger partial charge < -0.3 is 20.3 Å². The van der Waals surface area contributed by atoms with Gasteiger partial charge in [-0.1, -0.05) is 12.1 Å². The van der Waals surface area contributed by atoms with E-state index < -0.39 is 5.97 Å². The molecule has 1 aromatic carbocycles. The first-order chi connectivity index (χ1) is 10.2. The summed E-state index contributed by atoms with van der Waals surface area (Å²) in [6.45, 7) is 1.46. The number of benzene rings is 1. The Bertz CT molecular complexity index is 623.